The van der Waals surface area contributed by atoms with Gasteiger partial charge in [0.25, 0.3) is 5.91 Å². The van der Waals surface area contributed by atoms with Crippen molar-refractivity contribution in [2.45, 2.75) is 19.3 Å². The zero-order valence-electron chi connectivity index (χ0n) is 14.8. The zero-order chi connectivity index (χ0) is 17.9. The van der Waals surface area contributed by atoms with E-state index in [2.05, 4.69) is 20.2 Å². The number of carbonyl (C=O) groups is 1. The lowest BCUT2D eigenvalue weighted by atomic mass is 9.93. The van der Waals surface area contributed by atoms with E-state index in [1.54, 1.807) is 12.4 Å². The molecule has 0 aliphatic carbocycles. The fourth-order valence-corrected chi connectivity index (χ4v) is 3.48. The number of aryl methyl sites for hydroxylation is 1. The van der Waals surface area contributed by atoms with Gasteiger partial charge in [0.1, 0.15) is 11.5 Å². The van der Waals surface area contributed by atoms with Crippen LogP contribution >= 0.6 is 0 Å². The van der Waals surface area contributed by atoms with E-state index in [1.807, 2.05) is 47.0 Å². The molecule has 1 fully saturated rings. The van der Waals surface area contributed by atoms with Crippen molar-refractivity contribution in [1.82, 2.24) is 29.6 Å². The van der Waals surface area contributed by atoms with Gasteiger partial charge in [-0.2, -0.15) is 5.10 Å². The van der Waals surface area contributed by atoms with E-state index in [4.69, 9.17) is 0 Å². The van der Waals surface area contributed by atoms with Crippen molar-refractivity contribution in [3.8, 4) is 11.4 Å². The number of rotatable bonds is 4. The minimum atomic E-state index is 0.121. The van der Waals surface area contributed by atoms with Crippen molar-refractivity contribution in [1.29, 1.82) is 0 Å². The summed E-state index contributed by atoms with van der Waals surface area (Å²) in [6.07, 6.45) is 8.23. The molecule has 1 N–H and O–H groups in total. The number of H-pyrrole nitrogens is 1. The Bertz CT molecular complexity index is 876. The standard InChI is InChI=1S/C19H22N6O/c1-24-10-2-3-16(24)19(26)25-11-6-14(7-12-25)13-17-21-18(23-22-17)15-4-8-20-9-5-15/h2-5,8-10,14H,6-7,11-13H2,1H3,(H,21,22,23). The van der Waals surface area contributed by atoms with Crippen LogP contribution in [0.4, 0.5) is 0 Å². The first kappa shape index (κ1) is 16.5. The molecule has 26 heavy (non-hydrogen) atoms. The van der Waals surface area contributed by atoms with Crippen LogP contribution in [0, 0.1) is 5.92 Å². The molecule has 1 aliphatic rings. The number of nitrogens with zero attached hydrogens (tertiary/aromatic N) is 5. The molecule has 7 nitrogen and oxygen atoms in total. The lowest BCUT2D eigenvalue weighted by molar-refractivity contribution is 0.0680. The Labute approximate surface area is 152 Å². The fourth-order valence-electron chi connectivity index (χ4n) is 3.48. The highest BCUT2D eigenvalue weighted by Gasteiger charge is 2.25. The summed E-state index contributed by atoms with van der Waals surface area (Å²) in [4.78, 5) is 23.2. The van der Waals surface area contributed by atoms with Gasteiger partial charge in [-0.15, -0.1) is 0 Å². The summed E-state index contributed by atoms with van der Waals surface area (Å²) < 4.78 is 1.88. The number of amides is 1. The highest BCUT2D eigenvalue weighted by molar-refractivity contribution is 5.92. The zero-order valence-corrected chi connectivity index (χ0v) is 14.8. The molecular formula is C19H22N6O. The van der Waals surface area contributed by atoms with Gasteiger partial charge in [0.05, 0.1) is 0 Å². The van der Waals surface area contributed by atoms with Crippen LogP contribution in [0.15, 0.2) is 42.9 Å². The SMILES string of the molecule is Cn1cccc1C(=O)N1CCC(Cc2nc(-c3ccncc3)n[nH]2)CC1. The highest BCUT2D eigenvalue weighted by Crippen LogP contribution is 2.23. The Balaban J connectivity index is 1.34. The molecule has 1 amide bonds. The van der Waals surface area contributed by atoms with E-state index in [1.165, 1.54) is 0 Å². The van der Waals surface area contributed by atoms with Gasteiger partial charge in [0, 0.05) is 50.7 Å². The lowest BCUT2D eigenvalue weighted by Crippen LogP contribution is -2.39. The molecule has 1 aliphatic heterocycles. The average Bonchev–Trinajstić information content (AvgIpc) is 3.32. The monoisotopic (exact) mass is 350 g/mol. The van der Waals surface area contributed by atoms with Gasteiger partial charge in [-0.05, 0) is 43.0 Å². The van der Waals surface area contributed by atoms with Crippen molar-refractivity contribution in [2.24, 2.45) is 13.0 Å². The number of hydrogen-bond acceptors (Lipinski definition) is 4. The molecule has 134 valence electrons. The molecule has 0 bridgehead atoms. The normalized spacial score (nSPS) is 15.3. The molecule has 0 aromatic carbocycles. The van der Waals surface area contributed by atoms with E-state index in [0.717, 1.165) is 49.4 Å². The number of carbonyl (C=O) groups excluding carboxylic acids is 1. The van der Waals surface area contributed by atoms with Crippen LogP contribution in [0.1, 0.15) is 29.2 Å². The topological polar surface area (TPSA) is 79.7 Å². The van der Waals surface area contributed by atoms with Gasteiger partial charge in [-0.3, -0.25) is 14.9 Å². The minimum absolute atomic E-state index is 0.121. The minimum Gasteiger partial charge on any atom is -0.347 e. The summed E-state index contributed by atoms with van der Waals surface area (Å²) in [6.45, 7) is 1.58. The highest BCUT2D eigenvalue weighted by atomic mass is 16.2. The molecule has 3 aromatic heterocycles. The number of nitrogens with one attached hydrogen (secondary N) is 1. The third kappa shape index (κ3) is 3.37. The summed E-state index contributed by atoms with van der Waals surface area (Å²) in [5.74, 6) is 2.25. The largest absolute Gasteiger partial charge is 0.347 e. The number of pyridine rings is 1. The number of aromatic nitrogens is 5. The first-order valence-electron chi connectivity index (χ1n) is 8.93. The summed E-state index contributed by atoms with van der Waals surface area (Å²) >= 11 is 0. The van der Waals surface area contributed by atoms with Crippen LogP contribution < -0.4 is 0 Å². The maximum Gasteiger partial charge on any atom is 0.270 e. The van der Waals surface area contributed by atoms with Crippen molar-refractivity contribution in [2.75, 3.05) is 13.1 Å². The van der Waals surface area contributed by atoms with Crippen molar-refractivity contribution in [3.05, 3.63) is 54.4 Å². The van der Waals surface area contributed by atoms with E-state index in [0.29, 0.717) is 11.7 Å². The lowest BCUT2D eigenvalue weighted by Gasteiger charge is -2.31. The Kier molecular flexibility index (Phi) is 4.51. The van der Waals surface area contributed by atoms with Gasteiger partial charge in [0.2, 0.25) is 0 Å². The van der Waals surface area contributed by atoms with E-state index in [-0.39, 0.29) is 5.91 Å². The predicted octanol–water partition coefficient (Wildman–Crippen LogP) is 2.30. The Morgan fingerprint density at radius 2 is 2.00 bits per heavy atom. The van der Waals surface area contributed by atoms with Crippen molar-refractivity contribution in [3.63, 3.8) is 0 Å². The number of piperidine rings is 1. The van der Waals surface area contributed by atoms with Gasteiger partial charge >= 0.3 is 0 Å². The smallest absolute Gasteiger partial charge is 0.270 e. The molecule has 7 heteroatoms. The molecule has 4 heterocycles. The second kappa shape index (κ2) is 7.11. The first-order chi connectivity index (χ1) is 12.7. The summed E-state index contributed by atoms with van der Waals surface area (Å²) in [7, 11) is 1.91. The first-order valence-corrected chi connectivity index (χ1v) is 8.93. The van der Waals surface area contributed by atoms with Crippen molar-refractivity contribution >= 4 is 5.91 Å². The van der Waals surface area contributed by atoms with Gasteiger partial charge in [-0.25, -0.2) is 4.98 Å². The molecule has 0 unspecified atom stereocenters. The van der Waals surface area contributed by atoms with Gasteiger partial charge in [0.15, 0.2) is 5.82 Å². The Hall–Kier alpha value is -2.96. The third-order valence-electron chi connectivity index (χ3n) is 5.02. The molecule has 0 atom stereocenters. The van der Waals surface area contributed by atoms with Crippen LogP contribution in [-0.4, -0.2) is 48.6 Å². The quantitative estimate of drug-likeness (QED) is 0.783. The number of aromatic amines is 1. The second-order valence-electron chi connectivity index (χ2n) is 6.79. The van der Waals surface area contributed by atoms with E-state index in [9.17, 15) is 4.79 Å². The van der Waals surface area contributed by atoms with Crippen LogP contribution in [-0.2, 0) is 13.5 Å². The van der Waals surface area contributed by atoms with Gasteiger partial charge in [-0.1, -0.05) is 0 Å². The molecule has 0 radical (unpaired) electrons. The maximum atomic E-state index is 12.6. The van der Waals surface area contributed by atoms with Crippen LogP contribution in [0.5, 0.6) is 0 Å². The van der Waals surface area contributed by atoms with Crippen LogP contribution in [0.25, 0.3) is 11.4 Å². The molecule has 3 aromatic rings. The van der Waals surface area contributed by atoms with Crippen LogP contribution in [0.3, 0.4) is 0 Å². The predicted molar refractivity (Wildman–Crippen MR) is 97.4 cm³/mol. The summed E-state index contributed by atoms with van der Waals surface area (Å²) in [6, 6.07) is 7.59. The molecule has 0 saturated carbocycles. The number of hydrogen-bond donors (Lipinski definition) is 1. The number of likely N-dealkylation sites (tertiary alicyclic amines) is 1. The maximum absolute atomic E-state index is 12.6. The fraction of sp³-hybridized carbons (Fsp3) is 0.368. The second-order valence-corrected chi connectivity index (χ2v) is 6.79. The average molecular weight is 350 g/mol. The molecule has 1 saturated heterocycles. The summed E-state index contributed by atoms with van der Waals surface area (Å²) in [5, 5.41) is 7.36. The van der Waals surface area contributed by atoms with E-state index >= 15 is 0 Å². The molecular weight excluding hydrogens is 328 g/mol. The van der Waals surface area contributed by atoms with Crippen LogP contribution in [0.2, 0.25) is 0 Å². The van der Waals surface area contributed by atoms with E-state index < -0.39 is 0 Å². The molecule has 0 spiro atoms. The third-order valence-corrected chi connectivity index (χ3v) is 5.02. The Morgan fingerprint density at radius 1 is 1.23 bits per heavy atom. The Morgan fingerprint density at radius 3 is 2.69 bits per heavy atom. The van der Waals surface area contributed by atoms with Gasteiger partial charge < -0.3 is 9.47 Å². The van der Waals surface area contributed by atoms with Crippen molar-refractivity contribution < 1.29 is 4.79 Å². The summed E-state index contributed by atoms with van der Waals surface area (Å²) in [5.41, 5.74) is 1.71. The molecule has 4 rings (SSSR count).